The van der Waals surface area contributed by atoms with E-state index in [1.165, 1.54) is 0 Å². The van der Waals surface area contributed by atoms with Gasteiger partial charge in [0, 0.05) is 30.2 Å². The molecule has 19 heavy (non-hydrogen) atoms. The predicted octanol–water partition coefficient (Wildman–Crippen LogP) is 3.38. The number of Topliss-reactive ketones (excluding diaryl/α,β-unsaturated/α-hetero) is 1. The van der Waals surface area contributed by atoms with Gasteiger partial charge in [-0.2, -0.15) is 0 Å². The van der Waals surface area contributed by atoms with E-state index in [1.54, 1.807) is 6.20 Å². The van der Waals surface area contributed by atoms with Crippen LogP contribution in [-0.4, -0.2) is 23.5 Å². The predicted molar refractivity (Wildman–Crippen MR) is 74.3 cm³/mol. The number of fused-ring (bicyclic) bond motifs is 1. The van der Waals surface area contributed by atoms with Crippen molar-refractivity contribution in [2.24, 2.45) is 0 Å². The van der Waals surface area contributed by atoms with Gasteiger partial charge in [0.1, 0.15) is 0 Å². The minimum Gasteiger partial charge on any atom is -0.378 e. The molecule has 1 saturated heterocycles. The molecule has 3 rings (SSSR count). The van der Waals surface area contributed by atoms with Gasteiger partial charge in [0.15, 0.2) is 5.78 Å². The topological polar surface area (TPSA) is 39.2 Å². The molecule has 2 heterocycles. The molecule has 1 unspecified atom stereocenters. The molecule has 1 fully saturated rings. The van der Waals surface area contributed by atoms with Gasteiger partial charge in [0.05, 0.1) is 11.6 Å². The zero-order valence-electron chi connectivity index (χ0n) is 10.8. The second kappa shape index (κ2) is 5.49. The summed E-state index contributed by atoms with van der Waals surface area (Å²) in [7, 11) is 0. The van der Waals surface area contributed by atoms with Crippen LogP contribution in [0.4, 0.5) is 0 Å². The van der Waals surface area contributed by atoms with E-state index in [4.69, 9.17) is 4.74 Å². The first-order chi connectivity index (χ1) is 9.34. The Balaban J connectivity index is 1.77. The Labute approximate surface area is 112 Å². The SMILES string of the molecule is O=C(CCC1CCCO1)c1ccnc2ccccc12. The van der Waals surface area contributed by atoms with Crippen LogP contribution < -0.4 is 0 Å². The smallest absolute Gasteiger partial charge is 0.163 e. The average molecular weight is 255 g/mol. The highest BCUT2D eigenvalue weighted by Gasteiger charge is 2.18. The Morgan fingerprint density at radius 2 is 2.21 bits per heavy atom. The van der Waals surface area contributed by atoms with Gasteiger partial charge in [-0.15, -0.1) is 0 Å². The molecular weight excluding hydrogens is 238 g/mol. The molecule has 1 atom stereocenters. The number of carbonyl (C=O) groups excluding carboxylic acids is 1. The van der Waals surface area contributed by atoms with Gasteiger partial charge >= 0.3 is 0 Å². The molecule has 1 aromatic heterocycles. The minimum atomic E-state index is 0.189. The van der Waals surface area contributed by atoms with Gasteiger partial charge in [-0.1, -0.05) is 18.2 Å². The number of benzene rings is 1. The fraction of sp³-hybridized carbons (Fsp3) is 0.375. The summed E-state index contributed by atoms with van der Waals surface area (Å²) in [6.07, 6.45) is 5.58. The van der Waals surface area contributed by atoms with Crippen LogP contribution in [-0.2, 0) is 4.74 Å². The van der Waals surface area contributed by atoms with Crippen LogP contribution in [0, 0.1) is 0 Å². The van der Waals surface area contributed by atoms with Gasteiger partial charge in [-0.25, -0.2) is 0 Å². The van der Waals surface area contributed by atoms with Crippen LogP contribution in [0.1, 0.15) is 36.0 Å². The maximum atomic E-state index is 12.3. The summed E-state index contributed by atoms with van der Waals surface area (Å²) < 4.78 is 5.56. The second-order valence-corrected chi connectivity index (χ2v) is 4.97. The lowest BCUT2D eigenvalue weighted by atomic mass is 10.0. The van der Waals surface area contributed by atoms with Crippen molar-refractivity contribution in [2.45, 2.75) is 31.8 Å². The quantitative estimate of drug-likeness (QED) is 0.786. The van der Waals surface area contributed by atoms with Gasteiger partial charge in [-0.05, 0) is 31.4 Å². The van der Waals surface area contributed by atoms with Crippen molar-refractivity contribution in [2.75, 3.05) is 6.61 Å². The number of ketones is 1. The maximum absolute atomic E-state index is 12.3. The Kier molecular flexibility index (Phi) is 3.56. The molecule has 0 radical (unpaired) electrons. The summed E-state index contributed by atoms with van der Waals surface area (Å²) >= 11 is 0. The van der Waals surface area contributed by atoms with Crippen LogP contribution in [0.3, 0.4) is 0 Å². The fourth-order valence-corrected chi connectivity index (χ4v) is 2.64. The van der Waals surface area contributed by atoms with E-state index in [2.05, 4.69) is 4.98 Å². The molecule has 0 amide bonds. The normalized spacial score (nSPS) is 18.8. The van der Waals surface area contributed by atoms with Crippen molar-refractivity contribution in [3.8, 4) is 0 Å². The number of pyridine rings is 1. The van der Waals surface area contributed by atoms with E-state index in [0.717, 1.165) is 42.3 Å². The Bertz CT molecular complexity index is 583. The molecule has 1 aliphatic rings. The van der Waals surface area contributed by atoms with Gasteiger partial charge in [0.2, 0.25) is 0 Å². The largest absolute Gasteiger partial charge is 0.378 e. The highest BCUT2D eigenvalue weighted by Crippen LogP contribution is 2.21. The maximum Gasteiger partial charge on any atom is 0.163 e. The summed E-state index contributed by atoms with van der Waals surface area (Å²) in [4.78, 5) is 16.6. The standard InChI is InChI=1S/C16H17NO2/c18-16(8-7-12-4-3-11-19-12)14-9-10-17-15-6-2-1-5-13(14)15/h1-2,5-6,9-10,12H,3-4,7-8,11H2. The van der Waals surface area contributed by atoms with E-state index >= 15 is 0 Å². The molecule has 0 saturated carbocycles. The number of nitrogens with zero attached hydrogens (tertiary/aromatic N) is 1. The third-order valence-corrected chi connectivity index (χ3v) is 3.67. The molecule has 0 bridgehead atoms. The minimum absolute atomic E-state index is 0.189. The van der Waals surface area contributed by atoms with Crippen molar-refractivity contribution in [3.05, 3.63) is 42.1 Å². The molecule has 1 aromatic carbocycles. The molecule has 0 N–H and O–H groups in total. The average Bonchev–Trinajstić information content (AvgIpc) is 2.97. The monoisotopic (exact) mass is 255 g/mol. The van der Waals surface area contributed by atoms with Crippen LogP contribution >= 0.6 is 0 Å². The number of para-hydroxylation sites is 1. The summed E-state index contributed by atoms with van der Waals surface area (Å²) in [5.41, 5.74) is 1.66. The summed E-state index contributed by atoms with van der Waals surface area (Å²) in [5, 5.41) is 0.947. The van der Waals surface area contributed by atoms with Crippen molar-refractivity contribution >= 4 is 16.7 Å². The zero-order valence-corrected chi connectivity index (χ0v) is 10.8. The third kappa shape index (κ3) is 2.66. The van der Waals surface area contributed by atoms with Crippen molar-refractivity contribution in [1.29, 1.82) is 0 Å². The van der Waals surface area contributed by atoms with E-state index in [0.29, 0.717) is 6.42 Å². The molecule has 98 valence electrons. The molecule has 0 aliphatic carbocycles. The summed E-state index contributed by atoms with van der Waals surface area (Å²) in [6.45, 7) is 0.844. The van der Waals surface area contributed by atoms with Gasteiger partial charge in [0.25, 0.3) is 0 Å². The van der Waals surface area contributed by atoms with Crippen molar-refractivity contribution in [1.82, 2.24) is 4.98 Å². The number of hydrogen-bond donors (Lipinski definition) is 0. The Hall–Kier alpha value is -1.74. The van der Waals surface area contributed by atoms with Crippen molar-refractivity contribution in [3.63, 3.8) is 0 Å². The van der Waals surface area contributed by atoms with E-state index < -0.39 is 0 Å². The Morgan fingerprint density at radius 3 is 3.05 bits per heavy atom. The number of carbonyl (C=O) groups is 1. The lowest BCUT2D eigenvalue weighted by molar-refractivity contribution is 0.0860. The lowest BCUT2D eigenvalue weighted by Crippen LogP contribution is -2.09. The third-order valence-electron chi connectivity index (χ3n) is 3.67. The molecular formula is C16H17NO2. The molecule has 2 aromatic rings. The summed E-state index contributed by atoms with van der Waals surface area (Å²) in [5.74, 6) is 0.189. The van der Waals surface area contributed by atoms with Crippen molar-refractivity contribution < 1.29 is 9.53 Å². The zero-order chi connectivity index (χ0) is 13.1. The van der Waals surface area contributed by atoms with Crippen LogP contribution in [0.15, 0.2) is 36.5 Å². The first kappa shape index (κ1) is 12.3. The van der Waals surface area contributed by atoms with Crippen LogP contribution in [0.2, 0.25) is 0 Å². The van der Waals surface area contributed by atoms with Gasteiger partial charge in [-0.3, -0.25) is 9.78 Å². The van der Waals surface area contributed by atoms with Gasteiger partial charge < -0.3 is 4.74 Å². The van der Waals surface area contributed by atoms with E-state index in [9.17, 15) is 4.79 Å². The fourth-order valence-electron chi connectivity index (χ4n) is 2.64. The first-order valence-corrected chi connectivity index (χ1v) is 6.83. The molecule has 0 spiro atoms. The van der Waals surface area contributed by atoms with E-state index in [-0.39, 0.29) is 11.9 Å². The van der Waals surface area contributed by atoms with Crippen LogP contribution in [0.5, 0.6) is 0 Å². The number of ether oxygens (including phenoxy) is 1. The van der Waals surface area contributed by atoms with Crippen LogP contribution in [0.25, 0.3) is 10.9 Å². The lowest BCUT2D eigenvalue weighted by Gasteiger charge is -2.09. The number of rotatable bonds is 4. The molecule has 3 heteroatoms. The number of hydrogen-bond acceptors (Lipinski definition) is 3. The molecule has 1 aliphatic heterocycles. The molecule has 3 nitrogen and oxygen atoms in total. The first-order valence-electron chi connectivity index (χ1n) is 6.83. The summed E-state index contributed by atoms with van der Waals surface area (Å²) in [6, 6.07) is 9.60. The number of aromatic nitrogens is 1. The highest BCUT2D eigenvalue weighted by atomic mass is 16.5. The second-order valence-electron chi connectivity index (χ2n) is 4.97. The highest BCUT2D eigenvalue weighted by molar-refractivity contribution is 6.07. The Morgan fingerprint density at radius 1 is 1.32 bits per heavy atom. The van der Waals surface area contributed by atoms with E-state index in [1.807, 2.05) is 30.3 Å².